The van der Waals surface area contributed by atoms with Crippen molar-refractivity contribution in [2.75, 3.05) is 6.79 Å². The highest BCUT2D eigenvalue weighted by Crippen LogP contribution is 2.20. The Bertz CT molecular complexity index is 214. The van der Waals surface area contributed by atoms with Gasteiger partial charge in [-0.3, -0.25) is 0 Å². The molecule has 1 aliphatic rings. The van der Waals surface area contributed by atoms with Crippen LogP contribution in [0.2, 0.25) is 0 Å². The summed E-state index contributed by atoms with van der Waals surface area (Å²) in [6, 6.07) is 0. The average Bonchev–Trinajstić information content (AvgIpc) is 2.37. The summed E-state index contributed by atoms with van der Waals surface area (Å²) in [6.45, 7) is 9.80. The molecule has 1 heterocycles. The molecule has 2 nitrogen and oxygen atoms in total. The zero-order valence-corrected chi connectivity index (χ0v) is 6.72. The lowest BCUT2D eigenvalue weighted by molar-refractivity contribution is 0.0980. The molecular weight excluding hydrogens is 140 g/mol. The molecule has 0 atom stereocenters. The van der Waals surface area contributed by atoms with Gasteiger partial charge in [0.2, 0.25) is 6.79 Å². The van der Waals surface area contributed by atoms with Crippen LogP contribution < -0.4 is 0 Å². The van der Waals surface area contributed by atoms with Crippen LogP contribution in [0.1, 0.15) is 13.3 Å². The van der Waals surface area contributed by atoms with Gasteiger partial charge in [0, 0.05) is 0 Å². The van der Waals surface area contributed by atoms with Crippen LogP contribution in [-0.2, 0) is 9.47 Å². The minimum absolute atomic E-state index is 0.279. The summed E-state index contributed by atoms with van der Waals surface area (Å²) in [5, 5.41) is 0. The third-order valence-corrected chi connectivity index (χ3v) is 1.51. The number of hydrogen-bond donors (Lipinski definition) is 0. The van der Waals surface area contributed by atoms with Gasteiger partial charge in [-0.1, -0.05) is 25.7 Å². The van der Waals surface area contributed by atoms with E-state index in [-0.39, 0.29) is 6.79 Å². The third kappa shape index (κ3) is 1.87. The van der Waals surface area contributed by atoms with Crippen molar-refractivity contribution in [1.29, 1.82) is 0 Å². The summed E-state index contributed by atoms with van der Waals surface area (Å²) in [5.74, 6) is 1.30. The smallest absolute Gasteiger partial charge is 0.231 e. The molecule has 1 rings (SSSR count). The summed E-state index contributed by atoms with van der Waals surface area (Å²) in [5.41, 5.74) is 1.02. The van der Waals surface area contributed by atoms with E-state index >= 15 is 0 Å². The maximum absolute atomic E-state index is 5.12. The Morgan fingerprint density at radius 3 is 2.82 bits per heavy atom. The van der Waals surface area contributed by atoms with Gasteiger partial charge >= 0.3 is 0 Å². The van der Waals surface area contributed by atoms with Crippen LogP contribution in [0.4, 0.5) is 0 Å². The summed E-state index contributed by atoms with van der Waals surface area (Å²) in [7, 11) is 0. The maximum Gasteiger partial charge on any atom is 0.231 e. The van der Waals surface area contributed by atoms with Crippen LogP contribution in [0.15, 0.2) is 36.3 Å². The number of allylic oxidation sites excluding steroid dienone is 2. The molecule has 0 saturated carbocycles. The first-order valence-electron chi connectivity index (χ1n) is 3.58. The van der Waals surface area contributed by atoms with Gasteiger partial charge < -0.3 is 9.47 Å². The predicted octanol–water partition coefficient (Wildman–Crippen LogP) is 2.35. The van der Waals surface area contributed by atoms with E-state index in [0.29, 0.717) is 11.5 Å². The summed E-state index contributed by atoms with van der Waals surface area (Å²) >= 11 is 0. The molecule has 0 spiro atoms. The highest BCUT2D eigenvalue weighted by atomic mass is 16.7. The van der Waals surface area contributed by atoms with Crippen molar-refractivity contribution in [1.82, 2.24) is 0 Å². The van der Waals surface area contributed by atoms with Crippen LogP contribution in [0.5, 0.6) is 0 Å². The minimum atomic E-state index is 0.279. The Morgan fingerprint density at radius 2 is 2.36 bits per heavy atom. The zero-order valence-electron chi connectivity index (χ0n) is 6.72. The van der Waals surface area contributed by atoms with Crippen molar-refractivity contribution in [2.24, 2.45) is 0 Å². The van der Waals surface area contributed by atoms with E-state index in [2.05, 4.69) is 13.2 Å². The Labute approximate surface area is 66.8 Å². The summed E-state index contributed by atoms with van der Waals surface area (Å²) in [6.07, 6.45) is 2.77. The third-order valence-electron chi connectivity index (χ3n) is 1.51. The molecule has 0 aromatic rings. The van der Waals surface area contributed by atoms with Crippen molar-refractivity contribution in [3.8, 4) is 0 Å². The van der Waals surface area contributed by atoms with Gasteiger partial charge in [0.25, 0.3) is 0 Å². The number of ether oxygens (including phenoxy) is 2. The molecule has 0 radical (unpaired) electrons. The monoisotopic (exact) mass is 152 g/mol. The van der Waals surface area contributed by atoms with Gasteiger partial charge in [-0.25, -0.2) is 0 Å². The van der Waals surface area contributed by atoms with Crippen molar-refractivity contribution < 1.29 is 9.47 Å². The normalized spacial score (nSPS) is 19.7. The Kier molecular flexibility index (Phi) is 2.36. The maximum atomic E-state index is 5.12. The van der Waals surface area contributed by atoms with E-state index in [9.17, 15) is 0 Å². The van der Waals surface area contributed by atoms with Gasteiger partial charge in [0.15, 0.2) is 11.5 Å². The van der Waals surface area contributed by atoms with E-state index < -0.39 is 0 Å². The van der Waals surface area contributed by atoms with Gasteiger partial charge in [0.1, 0.15) is 0 Å². The number of rotatable bonds is 2. The number of hydrogen-bond acceptors (Lipinski definition) is 2. The first-order valence-corrected chi connectivity index (χ1v) is 3.58. The van der Waals surface area contributed by atoms with Gasteiger partial charge in [-0.05, 0) is 12.5 Å². The van der Waals surface area contributed by atoms with Crippen molar-refractivity contribution in [3.05, 3.63) is 36.3 Å². The van der Waals surface area contributed by atoms with E-state index in [0.717, 1.165) is 12.0 Å². The molecule has 1 saturated heterocycles. The average molecular weight is 152 g/mol. The fourth-order valence-electron chi connectivity index (χ4n) is 0.725. The van der Waals surface area contributed by atoms with Crippen LogP contribution in [0.3, 0.4) is 0 Å². The lowest BCUT2D eigenvalue weighted by Gasteiger charge is -1.95. The molecule has 60 valence electrons. The highest BCUT2D eigenvalue weighted by Gasteiger charge is 2.12. The second kappa shape index (κ2) is 3.28. The Hall–Kier alpha value is -1.18. The summed E-state index contributed by atoms with van der Waals surface area (Å²) in [4.78, 5) is 0. The molecular formula is C9H12O2. The lowest BCUT2D eigenvalue weighted by Crippen LogP contribution is -1.82. The highest BCUT2D eigenvalue weighted by molar-refractivity contribution is 5.28. The minimum Gasteiger partial charge on any atom is -0.454 e. The largest absolute Gasteiger partial charge is 0.454 e. The molecule has 0 N–H and O–H groups in total. The van der Waals surface area contributed by atoms with Crippen LogP contribution >= 0.6 is 0 Å². The first kappa shape index (κ1) is 7.92. The quantitative estimate of drug-likeness (QED) is 0.604. The Morgan fingerprint density at radius 1 is 1.64 bits per heavy atom. The van der Waals surface area contributed by atoms with Crippen molar-refractivity contribution in [2.45, 2.75) is 13.3 Å². The van der Waals surface area contributed by atoms with E-state index in [1.165, 1.54) is 0 Å². The van der Waals surface area contributed by atoms with Crippen LogP contribution in [0.25, 0.3) is 0 Å². The molecule has 0 bridgehead atoms. The SMILES string of the molecule is C=C(/C=C1/OCOC1=C)CC. The molecule has 0 aromatic carbocycles. The van der Waals surface area contributed by atoms with Crippen molar-refractivity contribution >= 4 is 0 Å². The lowest BCUT2D eigenvalue weighted by atomic mass is 10.2. The molecule has 0 amide bonds. The van der Waals surface area contributed by atoms with Crippen LogP contribution in [-0.4, -0.2) is 6.79 Å². The Balaban J connectivity index is 2.65. The fraction of sp³-hybridized carbons (Fsp3) is 0.333. The van der Waals surface area contributed by atoms with Gasteiger partial charge in [-0.2, -0.15) is 0 Å². The molecule has 1 aliphatic heterocycles. The molecule has 0 aromatic heterocycles. The second-order valence-corrected chi connectivity index (χ2v) is 2.35. The predicted molar refractivity (Wildman–Crippen MR) is 43.7 cm³/mol. The summed E-state index contributed by atoms with van der Waals surface area (Å²) < 4.78 is 10.1. The zero-order chi connectivity index (χ0) is 8.27. The molecule has 2 heteroatoms. The second-order valence-electron chi connectivity index (χ2n) is 2.35. The van der Waals surface area contributed by atoms with Crippen molar-refractivity contribution in [3.63, 3.8) is 0 Å². The standard InChI is InChI=1S/C9H12O2/c1-4-7(2)5-9-8(3)10-6-11-9/h5H,2-4,6H2,1H3/b9-5+. The van der Waals surface area contributed by atoms with E-state index in [1.54, 1.807) is 0 Å². The van der Waals surface area contributed by atoms with E-state index in [4.69, 9.17) is 9.47 Å². The molecule has 0 unspecified atom stereocenters. The van der Waals surface area contributed by atoms with E-state index in [1.807, 2.05) is 13.0 Å². The molecule has 1 fully saturated rings. The van der Waals surface area contributed by atoms with Crippen LogP contribution in [0, 0.1) is 0 Å². The first-order chi connectivity index (χ1) is 5.24. The molecule has 11 heavy (non-hydrogen) atoms. The fourth-order valence-corrected chi connectivity index (χ4v) is 0.725. The van der Waals surface area contributed by atoms with Gasteiger partial charge in [-0.15, -0.1) is 0 Å². The topological polar surface area (TPSA) is 18.5 Å². The van der Waals surface area contributed by atoms with Gasteiger partial charge in [0.05, 0.1) is 0 Å². The molecule has 0 aliphatic carbocycles.